The van der Waals surface area contributed by atoms with Crippen molar-refractivity contribution in [3.05, 3.63) is 57.9 Å². The predicted octanol–water partition coefficient (Wildman–Crippen LogP) is 2.06. The lowest BCUT2D eigenvalue weighted by Gasteiger charge is -2.41. The van der Waals surface area contributed by atoms with Crippen LogP contribution >= 0.6 is 0 Å². The van der Waals surface area contributed by atoms with Gasteiger partial charge in [0, 0.05) is 57.9 Å². The molecule has 0 radical (unpaired) electrons. The molecule has 1 amide bonds. The zero-order chi connectivity index (χ0) is 30.2. The Balaban J connectivity index is 1.29. The molecule has 0 spiro atoms. The summed E-state index contributed by atoms with van der Waals surface area (Å²) < 4.78 is 21.6. The Kier molecular flexibility index (Phi) is 7.89. The molecule has 0 unspecified atom stereocenters. The molecule has 13 heteroatoms. The van der Waals surface area contributed by atoms with E-state index in [9.17, 15) is 19.2 Å². The maximum Gasteiger partial charge on any atom is 0.326 e. The van der Waals surface area contributed by atoms with Crippen LogP contribution in [-0.4, -0.2) is 92.0 Å². The number of halogens is 1. The lowest BCUT2D eigenvalue weighted by molar-refractivity contribution is -0.131. The number of carbonyl (C=O) groups excluding carboxylic acids is 1. The number of likely N-dealkylation sites (N-methyl/N-ethyl adjacent to an activating group) is 1. The Morgan fingerprint density at radius 3 is 2.79 bits per heavy atom. The highest BCUT2D eigenvalue weighted by molar-refractivity contribution is 5.91. The molecule has 0 saturated carbocycles. The summed E-state index contributed by atoms with van der Waals surface area (Å²) in [6.07, 6.45) is 2.25. The second kappa shape index (κ2) is 11.8. The van der Waals surface area contributed by atoms with Gasteiger partial charge in [0.15, 0.2) is 5.83 Å². The summed E-state index contributed by atoms with van der Waals surface area (Å²) >= 11 is 0. The number of imidazole rings is 1. The Hall–Kier alpha value is -4.28. The fourth-order valence-electron chi connectivity index (χ4n) is 6.59. The number of hydrogen-bond acceptors (Lipinski definition) is 9. The van der Waals surface area contributed by atoms with Gasteiger partial charge in [-0.25, -0.2) is 9.18 Å². The summed E-state index contributed by atoms with van der Waals surface area (Å²) in [5, 5.41) is 9.48. The number of nitrogens with one attached hydrogen (secondary N) is 1. The predicted molar refractivity (Wildman–Crippen MR) is 158 cm³/mol. The van der Waals surface area contributed by atoms with E-state index in [1.54, 1.807) is 11.6 Å². The van der Waals surface area contributed by atoms with Gasteiger partial charge >= 0.3 is 11.7 Å². The number of anilines is 1. The number of aromatic nitrogens is 4. The van der Waals surface area contributed by atoms with E-state index >= 15 is 0 Å². The number of nitriles is 1. The van der Waals surface area contributed by atoms with Gasteiger partial charge < -0.3 is 24.4 Å². The number of fused-ring (bicyclic) bond motifs is 2. The van der Waals surface area contributed by atoms with E-state index in [2.05, 4.69) is 39.4 Å². The van der Waals surface area contributed by atoms with Crippen LogP contribution in [0.3, 0.4) is 0 Å². The van der Waals surface area contributed by atoms with E-state index in [0.717, 1.165) is 47.2 Å². The lowest BCUT2D eigenvalue weighted by atomic mass is 10.1. The highest BCUT2D eigenvalue weighted by atomic mass is 19.1. The van der Waals surface area contributed by atoms with Crippen LogP contribution < -0.4 is 15.3 Å². The van der Waals surface area contributed by atoms with Gasteiger partial charge in [-0.1, -0.05) is 18.7 Å². The molecular formula is C30H36FN9O3. The number of carbonyl (C=O) groups is 1. The topological polar surface area (TPSA) is 127 Å². The number of ether oxygens (including phenoxy) is 1. The van der Waals surface area contributed by atoms with Crippen LogP contribution in [0, 0.1) is 11.3 Å². The summed E-state index contributed by atoms with van der Waals surface area (Å²) in [6, 6.07) is 8.10. The van der Waals surface area contributed by atoms with Gasteiger partial charge in [0.25, 0.3) is 5.91 Å². The van der Waals surface area contributed by atoms with Crippen molar-refractivity contribution in [3.63, 3.8) is 0 Å². The normalized spacial score (nSPS) is 20.9. The number of aryl methyl sites for hydroxylation is 1. The van der Waals surface area contributed by atoms with Gasteiger partial charge in [-0.2, -0.15) is 15.2 Å². The van der Waals surface area contributed by atoms with E-state index in [1.807, 2.05) is 18.2 Å². The molecule has 43 heavy (non-hydrogen) atoms. The molecule has 12 nitrogen and oxygen atoms in total. The first-order valence-corrected chi connectivity index (χ1v) is 14.6. The summed E-state index contributed by atoms with van der Waals surface area (Å²) in [7, 11) is 3.86. The monoisotopic (exact) mass is 589 g/mol. The maximum atomic E-state index is 13.8. The lowest BCUT2D eigenvalue weighted by Crippen LogP contribution is -2.55. The number of rotatable bonds is 8. The fraction of sp³-hybridized carbons (Fsp3) is 0.500. The molecular weight excluding hydrogens is 553 g/mol. The minimum absolute atomic E-state index is 0.0612. The van der Waals surface area contributed by atoms with Crippen molar-refractivity contribution >= 4 is 22.8 Å². The van der Waals surface area contributed by atoms with Crippen LogP contribution in [-0.2, 0) is 31.5 Å². The molecule has 1 N–H and O–H groups in total. The molecule has 2 saturated heterocycles. The minimum Gasteiger partial charge on any atom is -0.462 e. The first-order valence-electron chi connectivity index (χ1n) is 14.6. The van der Waals surface area contributed by atoms with Crippen molar-refractivity contribution in [1.82, 2.24) is 34.2 Å². The second-order valence-electron chi connectivity index (χ2n) is 11.7. The zero-order valence-corrected chi connectivity index (χ0v) is 24.6. The molecule has 2 atom stereocenters. The van der Waals surface area contributed by atoms with Crippen molar-refractivity contribution < 1.29 is 13.9 Å². The Bertz CT molecular complexity index is 1660. The largest absolute Gasteiger partial charge is 0.462 e. The van der Waals surface area contributed by atoms with E-state index in [-0.39, 0.29) is 18.7 Å². The third-order valence-corrected chi connectivity index (χ3v) is 8.88. The summed E-state index contributed by atoms with van der Waals surface area (Å²) in [5.41, 5.74) is 4.36. The summed E-state index contributed by atoms with van der Waals surface area (Å²) in [4.78, 5) is 45.4. The van der Waals surface area contributed by atoms with Crippen molar-refractivity contribution in [2.75, 3.05) is 44.7 Å². The summed E-state index contributed by atoms with van der Waals surface area (Å²) in [5.74, 6) is -1.10. The standard InChI is InChI=1S/C30H36FN9O3/c1-19(31)28(41)40-13-12-39(15-21(40)9-10-32)27-23-16-38(14-20-6-4-8-24-26(20)37(3)30(42)34-24)17-25(23)33-29(35-27)43-18-22-7-5-11-36(22)2/h4,6,8,21-22H,1,5,7,9,11-18H2,2-3H3,(H,34,42)/t21-,22-/m0/s1. The average molecular weight is 590 g/mol. The van der Waals surface area contributed by atoms with Gasteiger partial charge in [-0.3, -0.25) is 14.3 Å². The third kappa shape index (κ3) is 5.60. The highest BCUT2D eigenvalue weighted by Crippen LogP contribution is 2.34. The van der Waals surface area contributed by atoms with Crippen LogP contribution in [0.15, 0.2) is 35.4 Å². The van der Waals surface area contributed by atoms with Crippen molar-refractivity contribution in [2.45, 2.75) is 51.0 Å². The molecule has 6 rings (SSSR count). The number of likely N-dealkylation sites (tertiary alicyclic amines) is 1. The van der Waals surface area contributed by atoms with Crippen LogP contribution in [0.4, 0.5) is 10.2 Å². The molecule has 0 aliphatic carbocycles. The molecule has 5 heterocycles. The van der Waals surface area contributed by atoms with Crippen LogP contribution in [0.5, 0.6) is 6.01 Å². The number of benzene rings is 1. The number of piperazine rings is 1. The molecule has 3 aliphatic rings. The number of hydrogen-bond donors (Lipinski definition) is 1. The number of nitrogens with zero attached hydrogens (tertiary/aromatic N) is 8. The van der Waals surface area contributed by atoms with Gasteiger partial charge in [-0.15, -0.1) is 0 Å². The Labute approximate surface area is 249 Å². The SMILES string of the molecule is C=C(F)C(=O)N1CCN(c2nc(OC[C@@H]3CCCN3C)nc3c2CN(Cc2cccc4[nH]c(=O)n(C)c24)C3)C[C@@H]1CC#N. The van der Waals surface area contributed by atoms with Gasteiger partial charge in [0.05, 0.1) is 35.3 Å². The van der Waals surface area contributed by atoms with E-state index in [4.69, 9.17) is 14.7 Å². The molecule has 1 aromatic carbocycles. The quantitative estimate of drug-likeness (QED) is 0.393. The number of aromatic amines is 1. The van der Waals surface area contributed by atoms with Gasteiger partial charge in [0.1, 0.15) is 12.4 Å². The number of amides is 1. The Morgan fingerprint density at radius 1 is 1.21 bits per heavy atom. The minimum atomic E-state index is -1.03. The van der Waals surface area contributed by atoms with Crippen molar-refractivity contribution in [3.8, 4) is 12.1 Å². The van der Waals surface area contributed by atoms with E-state index < -0.39 is 17.8 Å². The van der Waals surface area contributed by atoms with Crippen LogP contribution in [0.2, 0.25) is 0 Å². The molecule has 226 valence electrons. The third-order valence-electron chi connectivity index (χ3n) is 8.88. The van der Waals surface area contributed by atoms with Crippen molar-refractivity contribution in [2.24, 2.45) is 7.05 Å². The van der Waals surface area contributed by atoms with Crippen LogP contribution in [0.1, 0.15) is 36.1 Å². The maximum absolute atomic E-state index is 13.8. The average Bonchev–Trinajstić information content (AvgIpc) is 3.67. The van der Waals surface area contributed by atoms with Crippen LogP contribution in [0.25, 0.3) is 11.0 Å². The molecule has 2 aromatic heterocycles. The van der Waals surface area contributed by atoms with Gasteiger partial charge in [-0.05, 0) is 38.1 Å². The number of para-hydroxylation sites is 1. The first kappa shape index (κ1) is 28.8. The Morgan fingerprint density at radius 2 is 2.05 bits per heavy atom. The van der Waals surface area contributed by atoms with E-state index in [0.29, 0.717) is 57.2 Å². The molecule has 0 bridgehead atoms. The smallest absolute Gasteiger partial charge is 0.326 e. The zero-order valence-electron chi connectivity index (χ0n) is 24.6. The molecule has 2 fully saturated rings. The number of H-pyrrole nitrogens is 1. The van der Waals surface area contributed by atoms with E-state index in [1.165, 1.54) is 4.90 Å². The van der Waals surface area contributed by atoms with Gasteiger partial charge in [0.2, 0.25) is 0 Å². The summed E-state index contributed by atoms with van der Waals surface area (Å²) in [6.45, 7) is 7.41. The highest BCUT2D eigenvalue weighted by Gasteiger charge is 2.36. The molecule has 3 aromatic rings. The first-order chi connectivity index (χ1) is 20.7. The second-order valence-corrected chi connectivity index (χ2v) is 11.7. The fourth-order valence-corrected chi connectivity index (χ4v) is 6.59. The molecule has 3 aliphatic heterocycles. The van der Waals surface area contributed by atoms with Crippen molar-refractivity contribution in [1.29, 1.82) is 5.26 Å².